The fourth-order valence-corrected chi connectivity index (χ4v) is 2.11. The lowest BCUT2D eigenvalue weighted by Crippen LogP contribution is -2.38. The molecule has 0 aromatic heterocycles. The molecule has 0 bridgehead atoms. The van der Waals surface area contributed by atoms with Crippen LogP contribution in [-0.2, 0) is 4.74 Å². The lowest BCUT2D eigenvalue weighted by Gasteiger charge is -2.27. The highest BCUT2D eigenvalue weighted by Crippen LogP contribution is 2.20. The van der Waals surface area contributed by atoms with Crippen LogP contribution in [0.25, 0.3) is 0 Å². The maximum Gasteiger partial charge on any atom is 0.0746 e. The summed E-state index contributed by atoms with van der Waals surface area (Å²) in [4.78, 5) is 0. The Balaban J connectivity index is 2.59. The molecule has 0 aliphatic carbocycles. The van der Waals surface area contributed by atoms with Crippen LogP contribution in [0, 0.1) is 0 Å². The topological polar surface area (TPSA) is 21.3 Å². The first-order valence-electron chi connectivity index (χ1n) is 7.42. The predicted octanol–water partition coefficient (Wildman–Crippen LogP) is 4.32. The Kier molecular flexibility index (Phi) is 7.11. The van der Waals surface area contributed by atoms with Gasteiger partial charge in [0.25, 0.3) is 0 Å². The average molecular weight is 263 g/mol. The van der Waals surface area contributed by atoms with Crippen LogP contribution >= 0.6 is 0 Å². The molecule has 0 saturated heterocycles. The van der Waals surface area contributed by atoms with E-state index >= 15 is 0 Å². The second-order valence-corrected chi connectivity index (χ2v) is 5.80. The van der Waals surface area contributed by atoms with Crippen molar-refractivity contribution >= 4 is 0 Å². The van der Waals surface area contributed by atoms with Gasteiger partial charge in [-0.3, -0.25) is 0 Å². The van der Waals surface area contributed by atoms with Gasteiger partial charge in [-0.15, -0.1) is 0 Å². The number of rotatable bonds is 9. The zero-order valence-corrected chi connectivity index (χ0v) is 12.9. The third-order valence-electron chi connectivity index (χ3n) is 3.63. The second kappa shape index (κ2) is 8.34. The van der Waals surface area contributed by atoms with Gasteiger partial charge < -0.3 is 10.1 Å². The van der Waals surface area contributed by atoms with Crippen LogP contribution in [0.5, 0.6) is 0 Å². The van der Waals surface area contributed by atoms with E-state index in [1.165, 1.54) is 31.2 Å². The largest absolute Gasteiger partial charge is 0.377 e. The van der Waals surface area contributed by atoms with E-state index in [9.17, 15) is 0 Å². The van der Waals surface area contributed by atoms with Crippen LogP contribution in [0.3, 0.4) is 0 Å². The molecular weight excluding hydrogens is 234 g/mol. The van der Waals surface area contributed by atoms with Crippen molar-refractivity contribution in [3.05, 3.63) is 35.9 Å². The van der Waals surface area contributed by atoms with E-state index in [0.717, 1.165) is 6.54 Å². The molecule has 0 amide bonds. The molecule has 0 radical (unpaired) electrons. The SMILES string of the molecule is CCCCCC(NCC(C)(C)OC)c1ccccc1. The van der Waals surface area contributed by atoms with E-state index in [2.05, 4.69) is 56.4 Å². The average Bonchev–Trinajstić information content (AvgIpc) is 2.43. The predicted molar refractivity (Wildman–Crippen MR) is 82.4 cm³/mol. The number of nitrogens with one attached hydrogen (secondary N) is 1. The molecular formula is C17H29NO. The minimum atomic E-state index is -0.113. The summed E-state index contributed by atoms with van der Waals surface area (Å²) < 4.78 is 5.49. The highest BCUT2D eigenvalue weighted by atomic mass is 16.5. The molecule has 0 aliphatic heterocycles. The molecule has 0 fully saturated rings. The van der Waals surface area contributed by atoms with Gasteiger partial charge in [0, 0.05) is 19.7 Å². The van der Waals surface area contributed by atoms with Gasteiger partial charge in [-0.25, -0.2) is 0 Å². The van der Waals surface area contributed by atoms with Gasteiger partial charge in [-0.2, -0.15) is 0 Å². The Bertz CT molecular complexity index is 334. The van der Waals surface area contributed by atoms with Crippen molar-refractivity contribution in [2.24, 2.45) is 0 Å². The Morgan fingerprint density at radius 2 is 1.84 bits per heavy atom. The van der Waals surface area contributed by atoms with Crippen molar-refractivity contribution in [3.63, 3.8) is 0 Å². The van der Waals surface area contributed by atoms with E-state index in [4.69, 9.17) is 4.74 Å². The molecule has 1 atom stereocenters. The number of hydrogen-bond acceptors (Lipinski definition) is 2. The van der Waals surface area contributed by atoms with Crippen LogP contribution in [0.15, 0.2) is 30.3 Å². The fraction of sp³-hybridized carbons (Fsp3) is 0.647. The molecule has 0 spiro atoms. The van der Waals surface area contributed by atoms with Gasteiger partial charge in [0.05, 0.1) is 5.60 Å². The van der Waals surface area contributed by atoms with E-state index in [1.807, 2.05) is 0 Å². The third kappa shape index (κ3) is 6.22. The molecule has 1 aromatic rings. The quantitative estimate of drug-likeness (QED) is 0.670. The lowest BCUT2D eigenvalue weighted by atomic mass is 9.99. The maximum absolute atomic E-state index is 5.49. The number of benzene rings is 1. The van der Waals surface area contributed by atoms with Crippen molar-refractivity contribution in [1.29, 1.82) is 0 Å². The van der Waals surface area contributed by atoms with Gasteiger partial charge in [0.15, 0.2) is 0 Å². The van der Waals surface area contributed by atoms with E-state index < -0.39 is 0 Å². The van der Waals surface area contributed by atoms with Gasteiger partial charge in [0.2, 0.25) is 0 Å². The first-order valence-corrected chi connectivity index (χ1v) is 7.42. The smallest absolute Gasteiger partial charge is 0.0746 e. The molecule has 1 N–H and O–H groups in total. The molecule has 1 unspecified atom stereocenters. The van der Waals surface area contributed by atoms with Crippen molar-refractivity contribution in [1.82, 2.24) is 5.32 Å². The van der Waals surface area contributed by atoms with Gasteiger partial charge in [-0.05, 0) is 25.8 Å². The monoisotopic (exact) mass is 263 g/mol. The molecule has 1 rings (SSSR count). The van der Waals surface area contributed by atoms with E-state index in [1.54, 1.807) is 7.11 Å². The minimum absolute atomic E-state index is 0.113. The summed E-state index contributed by atoms with van der Waals surface area (Å²) >= 11 is 0. The fourth-order valence-electron chi connectivity index (χ4n) is 2.11. The Morgan fingerprint density at radius 1 is 1.16 bits per heavy atom. The van der Waals surface area contributed by atoms with Crippen LogP contribution in [0.2, 0.25) is 0 Å². The van der Waals surface area contributed by atoms with Crippen LogP contribution in [0.4, 0.5) is 0 Å². The highest BCUT2D eigenvalue weighted by molar-refractivity contribution is 5.18. The summed E-state index contributed by atoms with van der Waals surface area (Å²) in [5.41, 5.74) is 1.27. The molecule has 0 aliphatic rings. The number of hydrogen-bond donors (Lipinski definition) is 1. The Hall–Kier alpha value is -0.860. The normalized spacial score (nSPS) is 13.5. The van der Waals surface area contributed by atoms with E-state index in [-0.39, 0.29) is 5.60 Å². The second-order valence-electron chi connectivity index (χ2n) is 5.80. The molecule has 19 heavy (non-hydrogen) atoms. The zero-order chi connectivity index (χ0) is 14.1. The molecule has 108 valence electrons. The first-order chi connectivity index (χ1) is 9.09. The van der Waals surface area contributed by atoms with Crippen LogP contribution in [-0.4, -0.2) is 19.3 Å². The van der Waals surface area contributed by atoms with Gasteiger partial charge in [0.1, 0.15) is 0 Å². The Labute approximate surface area is 118 Å². The summed E-state index contributed by atoms with van der Waals surface area (Å²) in [6.07, 6.45) is 5.04. The summed E-state index contributed by atoms with van der Waals surface area (Å²) in [5.74, 6) is 0. The molecule has 0 heterocycles. The third-order valence-corrected chi connectivity index (χ3v) is 3.63. The number of ether oxygens (including phenoxy) is 1. The summed E-state index contributed by atoms with van der Waals surface area (Å²) in [7, 11) is 1.77. The molecule has 0 saturated carbocycles. The standard InChI is InChI=1S/C17H29NO/c1-5-6-8-13-16(15-11-9-7-10-12-15)18-14-17(2,3)19-4/h7,9-12,16,18H,5-6,8,13-14H2,1-4H3. The molecule has 1 aromatic carbocycles. The van der Waals surface area contributed by atoms with Gasteiger partial charge in [-0.1, -0.05) is 56.5 Å². The van der Waals surface area contributed by atoms with Gasteiger partial charge >= 0.3 is 0 Å². The maximum atomic E-state index is 5.49. The van der Waals surface area contributed by atoms with Crippen molar-refractivity contribution < 1.29 is 4.74 Å². The Morgan fingerprint density at radius 3 is 2.42 bits per heavy atom. The van der Waals surface area contributed by atoms with Crippen molar-refractivity contribution in [2.45, 2.75) is 58.1 Å². The van der Waals surface area contributed by atoms with Crippen molar-refractivity contribution in [2.75, 3.05) is 13.7 Å². The molecule has 2 heteroatoms. The van der Waals surface area contributed by atoms with Crippen LogP contribution in [0.1, 0.15) is 58.1 Å². The summed E-state index contributed by atoms with van der Waals surface area (Å²) in [6, 6.07) is 11.2. The first kappa shape index (κ1) is 16.2. The minimum Gasteiger partial charge on any atom is -0.377 e. The lowest BCUT2D eigenvalue weighted by molar-refractivity contribution is 0.0207. The summed E-state index contributed by atoms with van der Waals surface area (Å²) in [6.45, 7) is 7.36. The molecule has 2 nitrogen and oxygen atoms in total. The number of unbranched alkanes of at least 4 members (excludes halogenated alkanes) is 2. The highest BCUT2D eigenvalue weighted by Gasteiger charge is 2.19. The van der Waals surface area contributed by atoms with Crippen molar-refractivity contribution in [3.8, 4) is 0 Å². The zero-order valence-electron chi connectivity index (χ0n) is 12.9. The number of methoxy groups -OCH3 is 1. The van der Waals surface area contributed by atoms with E-state index in [0.29, 0.717) is 6.04 Å². The summed E-state index contributed by atoms with van der Waals surface area (Å²) in [5, 5.41) is 3.66. The van der Waals surface area contributed by atoms with Crippen LogP contribution < -0.4 is 5.32 Å².